The molecular formula is C28H26N+. The second kappa shape index (κ2) is 6.70. The Morgan fingerprint density at radius 3 is 2.28 bits per heavy atom. The van der Waals surface area contributed by atoms with Crippen LogP contribution in [0.1, 0.15) is 27.8 Å². The summed E-state index contributed by atoms with van der Waals surface area (Å²) >= 11 is 0. The number of rotatable bonds is 2. The predicted molar refractivity (Wildman–Crippen MR) is 121 cm³/mol. The first-order valence-corrected chi connectivity index (χ1v) is 10.3. The maximum absolute atomic E-state index is 2.37. The van der Waals surface area contributed by atoms with Crippen LogP contribution in [0.3, 0.4) is 0 Å². The molecule has 1 aromatic heterocycles. The van der Waals surface area contributed by atoms with Gasteiger partial charge in [-0.1, -0.05) is 54.6 Å². The van der Waals surface area contributed by atoms with Gasteiger partial charge in [-0.15, -0.1) is 0 Å². The molecule has 0 unspecified atom stereocenters. The second-order valence-corrected chi connectivity index (χ2v) is 8.33. The lowest BCUT2D eigenvalue weighted by atomic mass is 9.93. The van der Waals surface area contributed by atoms with Gasteiger partial charge in [-0.2, -0.15) is 0 Å². The first-order chi connectivity index (χ1) is 14.0. The third-order valence-electron chi connectivity index (χ3n) is 6.39. The van der Waals surface area contributed by atoms with E-state index in [1.54, 1.807) is 0 Å². The van der Waals surface area contributed by atoms with E-state index in [9.17, 15) is 0 Å². The van der Waals surface area contributed by atoms with Crippen LogP contribution < -0.4 is 4.57 Å². The molecule has 0 radical (unpaired) electrons. The summed E-state index contributed by atoms with van der Waals surface area (Å²) in [6.07, 6.45) is 3.25. The molecule has 1 aliphatic rings. The van der Waals surface area contributed by atoms with Crippen molar-refractivity contribution < 1.29 is 4.57 Å². The Labute approximate surface area is 173 Å². The van der Waals surface area contributed by atoms with Gasteiger partial charge in [0.25, 0.3) is 0 Å². The number of hydrogen-bond donors (Lipinski definition) is 0. The lowest BCUT2D eigenvalue weighted by Gasteiger charge is -2.12. The zero-order valence-electron chi connectivity index (χ0n) is 17.6. The predicted octanol–water partition coefficient (Wildman–Crippen LogP) is 6.34. The van der Waals surface area contributed by atoms with Crippen molar-refractivity contribution >= 4 is 0 Å². The molecule has 0 bridgehead atoms. The quantitative estimate of drug-likeness (QED) is 0.316. The lowest BCUT2D eigenvalue weighted by Crippen LogP contribution is -2.32. The number of aryl methyl sites for hydroxylation is 4. The van der Waals surface area contributed by atoms with E-state index >= 15 is 0 Å². The molecule has 142 valence electrons. The summed E-state index contributed by atoms with van der Waals surface area (Å²) in [5.74, 6) is 0. The van der Waals surface area contributed by atoms with Crippen LogP contribution in [0, 0.1) is 20.8 Å². The minimum absolute atomic E-state index is 1.00. The highest BCUT2D eigenvalue weighted by Gasteiger charge is 2.27. The van der Waals surface area contributed by atoms with Gasteiger partial charge in [-0.25, -0.2) is 4.57 Å². The van der Waals surface area contributed by atoms with E-state index in [4.69, 9.17) is 0 Å². The molecule has 1 heterocycles. The van der Waals surface area contributed by atoms with Crippen LogP contribution in [0.25, 0.3) is 33.5 Å². The summed E-state index contributed by atoms with van der Waals surface area (Å²) in [4.78, 5) is 0. The van der Waals surface area contributed by atoms with Gasteiger partial charge in [0, 0.05) is 11.6 Å². The number of hydrogen-bond acceptors (Lipinski definition) is 0. The van der Waals surface area contributed by atoms with E-state index in [0.717, 1.165) is 6.42 Å². The topological polar surface area (TPSA) is 3.88 Å². The van der Waals surface area contributed by atoms with Crippen LogP contribution in [0.15, 0.2) is 72.9 Å². The van der Waals surface area contributed by atoms with Crippen molar-refractivity contribution in [2.45, 2.75) is 27.2 Å². The van der Waals surface area contributed by atoms with E-state index in [2.05, 4.69) is 105 Å². The Morgan fingerprint density at radius 1 is 0.690 bits per heavy atom. The average molecular weight is 377 g/mol. The van der Waals surface area contributed by atoms with Gasteiger partial charge in [0.05, 0.1) is 5.56 Å². The van der Waals surface area contributed by atoms with Crippen molar-refractivity contribution in [3.05, 3.63) is 101 Å². The maximum Gasteiger partial charge on any atom is 0.213 e. The number of fused-ring (bicyclic) bond motifs is 3. The standard InChI is InChI=1S/C28H26N/c1-18-10-13-24-25-15-22(21-8-6-5-7-9-21)11-12-23(25)16-26(24)28(18)27-14-19(2)20(3)17-29(27)4/h5-15,17H,16H2,1-4H3/q+1. The molecule has 0 saturated heterocycles. The largest absolute Gasteiger partial charge is 0.213 e. The molecule has 1 aliphatic carbocycles. The van der Waals surface area contributed by atoms with Crippen molar-refractivity contribution in [3.8, 4) is 33.5 Å². The molecule has 0 atom stereocenters. The summed E-state index contributed by atoms with van der Waals surface area (Å²) < 4.78 is 2.28. The van der Waals surface area contributed by atoms with Crippen LogP contribution in [0.5, 0.6) is 0 Å². The Hall–Kier alpha value is -3.19. The zero-order chi connectivity index (χ0) is 20.1. The van der Waals surface area contributed by atoms with Gasteiger partial charge in [0.2, 0.25) is 5.69 Å². The van der Waals surface area contributed by atoms with Gasteiger partial charge in [0.1, 0.15) is 7.05 Å². The molecule has 0 spiro atoms. The van der Waals surface area contributed by atoms with Crippen LogP contribution in [-0.2, 0) is 13.5 Å². The van der Waals surface area contributed by atoms with E-state index in [1.807, 2.05) is 0 Å². The fraction of sp³-hybridized carbons (Fsp3) is 0.179. The van der Waals surface area contributed by atoms with Gasteiger partial charge < -0.3 is 0 Å². The summed E-state index contributed by atoms with van der Waals surface area (Å²) in [6.45, 7) is 6.63. The molecule has 1 heteroatoms. The summed E-state index contributed by atoms with van der Waals surface area (Å²) in [5.41, 5.74) is 14.9. The number of nitrogens with zero attached hydrogens (tertiary/aromatic N) is 1. The van der Waals surface area contributed by atoms with Crippen molar-refractivity contribution in [2.75, 3.05) is 0 Å². The van der Waals surface area contributed by atoms with Gasteiger partial charge in [0.15, 0.2) is 6.20 Å². The summed E-state index contributed by atoms with van der Waals surface area (Å²) in [5, 5.41) is 0. The van der Waals surface area contributed by atoms with Crippen molar-refractivity contribution in [1.82, 2.24) is 0 Å². The third kappa shape index (κ3) is 2.89. The molecule has 4 aromatic rings. The molecule has 29 heavy (non-hydrogen) atoms. The molecule has 0 saturated carbocycles. The average Bonchev–Trinajstić information content (AvgIpc) is 3.09. The number of aromatic nitrogens is 1. The SMILES string of the molecule is Cc1cc(-c2c(C)ccc3c2Cc2ccc(-c4ccccc4)cc2-3)[n+](C)cc1C. The third-order valence-corrected chi connectivity index (χ3v) is 6.39. The van der Waals surface area contributed by atoms with Gasteiger partial charge in [-0.05, 0) is 77.8 Å². The fourth-order valence-corrected chi connectivity index (χ4v) is 4.67. The Balaban J connectivity index is 1.70. The van der Waals surface area contributed by atoms with Crippen LogP contribution in [-0.4, -0.2) is 0 Å². The molecular weight excluding hydrogens is 350 g/mol. The number of pyridine rings is 1. The summed E-state index contributed by atoms with van der Waals surface area (Å²) in [6, 6.07) is 24.6. The molecule has 0 N–H and O–H groups in total. The van der Waals surface area contributed by atoms with Crippen molar-refractivity contribution in [3.63, 3.8) is 0 Å². The normalized spacial score (nSPS) is 12.0. The molecule has 1 nitrogen and oxygen atoms in total. The first kappa shape index (κ1) is 17.9. The van der Waals surface area contributed by atoms with E-state index < -0.39 is 0 Å². The monoisotopic (exact) mass is 376 g/mol. The van der Waals surface area contributed by atoms with E-state index in [-0.39, 0.29) is 0 Å². The van der Waals surface area contributed by atoms with Crippen LogP contribution >= 0.6 is 0 Å². The Bertz CT molecular complexity index is 1250. The molecule has 3 aromatic carbocycles. The molecule has 0 amide bonds. The highest BCUT2D eigenvalue weighted by Crippen LogP contribution is 2.43. The Kier molecular flexibility index (Phi) is 4.13. The van der Waals surface area contributed by atoms with Crippen LogP contribution in [0.2, 0.25) is 0 Å². The molecule has 0 fully saturated rings. The van der Waals surface area contributed by atoms with Crippen LogP contribution in [0.4, 0.5) is 0 Å². The van der Waals surface area contributed by atoms with Gasteiger partial charge >= 0.3 is 0 Å². The fourth-order valence-electron chi connectivity index (χ4n) is 4.67. The smallest absolute Gasteiger partial charge is 0.201 e. The number of benzene rings is 3. The van der Waals surface area contributed by atoms with Crippen molar-refractivity contribution in [1.29, 1.82) is 0 Å². The maximum atomic E-state index is 2.37. The zero-order valence-corrected chi connectivity index (χ0v) is 17.6. The highest BCUT2D eigenvalue weighted by atomic mass is 14.9. The Morgan fingerprint density at radius 2 is 1.48 bits per heavy atom. The highest BCUT2D eigenvalue weighted by molar-refractivity contribution is 5.87. The molecule has 0 aliphatic heterocycles. The minimum Gasteiger partial charge on any atom is -0.201 e. The minimum atomic E-state index is 1.00. The van der Waals surface area contributed by atoms with E-state index in [0.29, 0.717) is 0 Å². The first-order valence-electron chi connectivity index (χ1n) is 10.3. The lowest BCUT2D eigenvalue weighted by molar-refractivity contribution is -0.660. The summed E-state index contributed by atoms with van der Waals surface area (Å²) in [7, 11) is 2.16. The second-order valence-electron chi connectivity index (χ2n) is 8.33. The molecule has 5 rings (SSSR count). The van der Waals surface area contributed by atoms with E-state index in [1.165, 1.54) is 61.3 Å². The van der Waals surface area contributed by atoms with Gasteiger partial charge in [-0.3, -0.25) is 0 Å². The van der Waals surface area contributed by atoms with Crippen molar-refractivity contribution in [2.24, 2.45) is 7.05 Å².